The molecule has 2 aromatic carbocycles. The number of methoxy groups -OCH3 is 1. The summed E-state index contributed by atoms with van der Waals surface area (Å²) in [6.07, 6.45) is 1.58. The first kappa shape index (κ1) is 19.1. The van der Waals surface area contributed by atoms with Crippen molar-refractivity contribution in [3.05, 3.63) is 57.1 Å². The van der Waals surface area contributed by atoms with Crippen LogP contribution >= 0.6 is 23.2 Å². The topological polar surface area (TPSA) is 59.9 Å². The molecule has 2 aromatic rings. The van der Waals surface area contributed by atoms with Gasteiger partial charge >= 0.3 is 0 Å². The normalized spacial score (nSPS) is 10.8. The predicted octanol–water partition coefficient (Wildman–Crippen LogP) is 4.15. The van der Waals surface area contributed by atoms with E-state index in [4.69, 9.17) is 32.7 Å². The fraction of sp³-hybridized carbons (Fsp3) is 0.222. The monoisotopic (exact) mass is 380 g/mol. The highest BCUT2D eigenvalue weighted by Crippen LogP contribution is 2.27. The molecule has 1 N–H and O–H groups in total. The zero-order valence-electron chi connectivity index (χ0n) is 14.1. The number of carbonyl (C=O) groups is 1. The van der Waals surface area contributed by atoms with Crippen molar-refractivity contribution in [1.29, 1.82) is 0 Å². The van der Waals surface area contributed by atoms with Gasteiger partial charge in [0.25, 0.3) is 5.91 Å². The number of ether oxygens (including phenoxy) is 2. The second kappa shape index (κ2) is 8.74. The van der Waals surface area contributed by atoms with Gasteiger partial charge in [-0.2, -0.15) is 5.10 Å². The number of halogens is 2. The Labute approximate surface area is 156 Å². The Morgan fingerprint density at radius 1 is 1.16 bits per heavy atom. The lowest BCUT2D eigenvalue weighted by atomic mass is 10.0. The fourth-order valence-corrected chi connectivity index (χ4v) is 2.58. The lowest BCUT2D eigenvalue weighted by molar-refractivity contribution is -0.123. The Morgan fingerprint density at radius 2 is 1.88 bits per heavy atom. The van der Waals surface area contributed by atoms with E-state index in [1.165, 1.54) is 0 Å². The van der Waals surface area contributed by atoms with E-state index in [2.05, 4.69) is 10.5 Å². The van der Waals surface area contributed by atoms with Gasteiger partial charge in [0.2, 0.25) is 0 Å². The number of nitrogens with zero attached hydrogens (tertiary/aromatic N) is 1. The first-order valence-corrected chi connectivity index (χ1v) is 8.22. The summed E-state index contributed by atoms with van der Waals surface area (Å²) in [7, 11) is 1.63. The quantitative estimate of drug-likeness (QED) is 0.604. The number of benzene rings is 2. The lowest BCUT2D eigenvalue weighted by Gasteiger charge is -2.10. The van der Waals surface area contributed by atoms with E-state index >= 15 is 0 Å². The van der Waals surface area contributed by atoms with Crippen LogP contribution in [-0.4, -0.2) is 25.8 Å². The summed E-state index contributed by atoms with van der Waals surface area (Å²) in [6.45, 7) is 3.72. The van der Waals surface area contributed by atoms with E-state index in [-0.39, 0.29) is 6.61 Å². The van der Waals surface area contributed by atoms with Gasteiger partial charge in [-0.05, 0) is 60.9 Å². The molecule has 0 radical (unpaired) electrons. The molecule has 132 valence electrons. The standard InChI is InChI=1S/C18H18Cl2N2O3/c1-11-12(2)16(24-3)6-4-13(11)9-21-22-18(23)10-25-17-7-5-14(19)8-15(17)20/h4-9H,10H2,1-3H3,(H,22,23)/b21-9+. The second-order valence-electron chi connectivity index (χ2n) is 5.26. The first-order valence-electron chi connectivity index (χ1n) is 7.46. The average Bonchev–Trinajstić information content (AvgIpc) is 2.58. The van der Waals surface area contributed by atoms with Gasteiger partial charge in [0, 0.05) is 5.02 Å². The third kappa shape index (κ3) is 5.11. The van der Waals surface area contributed by atoms with E-state index in [1.54, 1.807) is 31.5 Å². The third-order valence-corrected chi connectivity index (χ3v) is 4.18. The molecule has 0 unspecified atom stereocenters. The molecule has 0 aromatic heterocycles. The summed E-state index contributed by atoms with van der Waals surface area (Å²) in [4.78, 5) is 11.8. The minimum Gasteiger partial charge on any atom is -0.496 e. The number of nitrogens with one attached hydrogen (secondary N) is 1. The highest BCUT2D eigenvalue weighted by Gasteiger charge is 2.07. The highest BCUT2D eigenvalue weighted by molar-refractivity contribution is 6.35. The average molecular weight is 381 g/mol. The van der Waals surface area contributed by atoms with Crippen LogP contribution in [0.2, 0.25) is 10.0 Å². The summed E-state index contributed by atoms with van der Waals surface area (Å²) in [6, 6.07) is 8.51. The minimum absolute atomic E-state index is 0.209. The van der Waals surface area contributed by atoms with Crippen LogP contribution in [0.3, 0.4) is 0 Å². The van der Waals surface area contributed by atoms with E-state index in [9.17, 15) is 4.79 Å². The molecule has 0 spiro atoms. The zero-order chi connectivity index (χ0) is 18.4. The van der Waals surface area contributed by atoms with E-state index in [1.807, 2.05) is 26.0 Å². The van der Waals surface area contributed by atoms with Crippen molar-refractivity contribution in [3.63, 3.8) is 0 Å². The van der Waals surface area contributed by atoms with Crippen LogP contribution in [-0.2, 0) is 4.79 Å². The largest absolute Gasteiger partial charge is 0.496 e. The summed E-state index contributed by atoms with van der Waals surface area (Å²) >= 11 is 11.8. The third-order valence-electron chi connectivity index (χ3n) is 3.64. The first-order chi connectivity index (χ1) is 11.9. The molecule has 0 aliphatic carbocycles. The Hall–Kier alpha value is -2.24. The number of rotatable bonds is 6. The molecule has 0 aliphatic rings. The van der Waals surface area contributed by atoms with Crippen LogP contribution in [0.1, 0.15) is 16.7 Å². The van der Waals surface area contributed by atoms with E-state index in [0.29, 0.717) is 15.8 Å². The maximum atomic E-state index is 11.8. The molecular formula is C18H18Cl2N2O3. The molecule has 0 aliphatic heterocycles. The molecule has 2 rings (SSSR count). The van der Waals surface area contributed by atoms with Crippen LogP contribution in [0.15, 0.2) is 35.4 Å². The van der Waals surface area contributed by atoms with Gasteiger partial charge < -0.3 is 9.47 Å². The van der Waals surface area contributed by atoms with Gasteiger partial charge in [-0.25, -0.2) is 5.43 Å². The Balaban J connectivity index is 1.91. The molecule has 5 nitrogen and oxygen atoms in total. The number of hydrazone groups is 1. The summed E-state index contributed by atoms with van der Waals surface area (Å²) in [5, 5.41) is 4.79. The van der Waals surface area contributed by atoms with E-state index < -0.39 is 5.91 Å². The molecule has 0 atom stereocenters. The van der Waals surface area contributed by atoms with Crippen molar-refractivity contribution in [3.8, 4) is 11.5 Å². The number of amides is 1. The van der Waals surface area contributed by atoms with Crippen LogP contribution in [0, 0.1) is 13.8 Å². The Bertz CT molecular complexity index is 807. The predicted molar refractivity (Wildman–Crippen MR) is 100 cm³/mol. The molecular weight excluding hydrogens is 363 g/mol. The van der Waals surface area contributed by atoms with Crippen molar-refractivity contribution in [2.75, 3.05) is 13.7 Å². The van der Waals surface area contributed by atoms with E-state index in [0.717, 1.165) is 22.4 Å². The van der Waals surface area contributed by atoms with Crippen molar-refractivity contribution in [2.24, 2.45) is 5.10 Å². The number of hydrogen-bond donors (Lipinski definition) is 1. The minimum atomic E-state index is -0.398. The Morgan fingerprint density at radius 3 is 2.56 bits per heavy atom. The zero-order valence-corrected chi connectivity index (χ0v) is 15.6. The number of carbonyl (C=O) groups excluding carboxylic acids is 1. The second-order valence-corrected chi connectivity index (χ2v) is 6.11. The molecule has 25 heavy (non-hydrogen) atoms. The molecule has 7 heteroatoms. The molecule has 1 amide bonds. The summed E-state index contributed by atoms with van der Waals surface area (Å²) < 4.78 is 10.6. The SMILES string of the molecule is COc1ccc(/C=N/NC(=O)COc2ccc(Cl)cc2Cl)c(C)c1C. The maximum absolute atomic E-state index is 11.8. The molecule has 0 fully saturated rings. The van der Waals surface area contributed by atoms with Gasteiger partial charge in [0.05, 0.1) is 18.3 Å². The Kier molecular flexibility index (Phi) is 6.67. The van der Waals surface area contributed by atoms with Crippen LogP contribution < -0.4 is 14.9 Å². The van der Waals surface area contributed by atoms with Crippen molar-refractivity contribution in [2.45, 2.75) is 13.8 Å². The number of hydrogen-bond acceptors (Lipinski definition) is 4. The van der Waals surface area contributed by atoms with Crippen molar-refractivity contribution < 1.29 is 14.3 Å². The van der Waals surface area contributed by atoms with Gasteiger partial charge in [-0.1, -0.05) is 23.2 Å². The highest BCUT2D eigenvalue weighted by atomic mass is 35.5. The van der Waals surface area contributed by atoms with Gasteiger partial charge in [-0.3, -0.25) is 4.79 Å². The molecule has 0 heterocycles. The van der Waals surface area contributed by atoms with Gasteiger partial charge in [0.1, 0.15) is 11.5 Å². The van der Waals surface area contributed by atoms with Crippen LogP contribution in [0.25, 0.3) is 0 Å². The van der Waals surface area contributed by atoms with Crippen LogP contribution in [0.5, 0.6) is 11.5 Å². The molecule has 0 bridgehead atoms. The smallest absolute Gasteiger partial charge is 0.277 e. The van der Waals surface area contributed by atoms with Gasteiger partial charge in [0.15, 0.2) is 6.61 Å². The maximum Gasteiger partial charge on any atom is 0.277 e. The summed E-state index contributed by atoms with van der Waals surface area (Å²) in [5.41, 5.74) is 5.36. The molecule has 0 saturated heterocycles. The van der Waals surface area contributed by atoms with Crippen molar-refractivity contribution in [1.82, 2.24) is 5.43 Å². The molecule has 0 saturated carbocycles. The summed E-state index contributed by atoms with van der Waals surface area (Å²) in [5.74, 6) is 0.795. The lowest BCUT2D eigenvalue weighted by Crippen LogP contribution is -2.24. The van der Waals surface area contributed by atoms with Crippen LogP contribution in [0.4, 0.5) is 0 Å². The van der Waals surface area contributed by atoms with Gasteiger partial charge in [-0.15, -0.1) is 0 Å². The fourth-order valence-electron chi connectivity index (χ4n) is 2.12. The van der Waals surface area contributed by atoms with Crippen molar-refractivity contribution >= 4 is 35.3 Å².